The monoisotopic (exact) mass is 342 g/mol. The van der Waals surface area contributed by atoms with Crippen molar-refractivity contribution in [1.82, 2.24) is 5.32 Å². The minimum Gasteiger partial charge on any atom is -0.494 e. The SMILES string of the molecule is CCOc1cccc(C(=O)Nc2cccc(C(=O)NCCOC)c2)c1. The lowest BCUT2D eigenvalue weighted by Crippen LogP contribution is -2.27. The van der Waals surface area contributed by atoms with E-state index in [9.17, 15) is 9.59 Å². The second-order valence-corrected chi connectivity index (χ2v) is 5.24. The quantitative estimate of drug-likeness (QED) is 0.723. The average molecular weight is 342 g/mol. The summed E-state index contributed by atoms with van der Waals surface area (Å²) in [6.45, 7) is 3.29. The van der Waals surface area contributed by atoms with Crippen molar-refractivity contribution in [3.05, 3.63) is 59.7 Å². The highest BCUT2D eigenvalue weighted by Gasteiger charge is 2.10. The van der Waals surface area contributed by atoms with Crippen LogP contribution in [0.15, 0.2) is 48.5 Å². The molecule has 2 amide bonds. The standard InChI is InChI=1S/C19H22N2O4/c1-3-25-17-9-5-7-15(13-17)19(23)21-16-8-4-6-14(12-16)18(22)20-10-11-24-2/h4-9,12-13H,3,10-11H2,1-2H3,(H,20,22)(H,21,23). The molecule has 2 N–H and O–H groups in total. The van der Waals surface area contributed by atoms with Gasteiger partial charge in [-0.1, -0.05) is 12.1 Å². The van der Waals surface area contributed by atoms with E-state index in [0.29, 0.717) is 42.3 Å². The molecule has 2 aromatic carbocycles. The molecule has 0 aliphatic heterocycles. The maximum atomic E-state index is 12.4. The van der Waals surface area contributed by atoms with Crippen molar-refractivity contribution in [3.63, 3.8) is 0 Å². The summed E-state index contributed by atoms with van der Waals surface area (Å²) in [5.74, 6) is 0.159. The van der Waals surface area contributed by atoms with Crippen LogP contribution in [0.5, 0.6) is 5.75 Å². The van der Waals surface area contributed by atoms with Crippen molar-refractivity contribution in [3.8, 4) is 5.75 Å². The van der Waals surface area contributed by atoms with Crippen molar-refractivity contribution in [2.45, 2.75) is 6.92 Å². The van der Waals surface area contributed by atoms with Gasteiger partial charge in [0.1, 0.15) is 5.75 Å². The van der Waals surface area contributed by atoms with Crippen LogP contribution >= 0.6 is 0 Å². The van der Waals surface area contributed by atoms with Crippen molar-refractivity contribution >= 4 is 17.5 Å². The number of methoxy groups -OCH3 is 1. The number of carbonyl (C=O) groups is 2. The molecule has 0 heterocycles. The van der Waals surface area contributed by atoms with Crippen molar-refractivity contribution < 1.29 is 19.1 Å². The third kappa shape index (κ3) is 5.61. The molecule has 0 unspecified atom stereocenters. The summed E-state index contributed by atoms with van der Waals surface area (Å²) in [7, 11) is 1.57. The van der Waals surface area contributed by atoms with Crippen LogP contribution in [0.4, 0.5) is 5.69 Å². The Hall–Kier alpha value is -2.86. The van der Waals surface area contributed by atoms with Gasteiger partial charge >= 0.3 is 0 Å². The normalized spacial score (nSPS) is 10.2. The lowest BCUT2D eigenvalue weighted by Gasteiger charge is -2.09. The first kappa shape index (κ1) is 18.5. The minimum atomic E-state index is -0.265. The Morgan fingerprint density at radius 3 is 2.44 bits per heavy atom. The van der Waals surface area contributed by atoms with Gasteiger partial charge in [0.15, 0.2) is 0 Å². The number of benzene rings is 2. The third-order valence-electron chi connectivity index (χ3n) is 3.38. The number of anilines is 1. The predicted molar refractivity (Wildman–Crippen MR) is 96.2 cm³/mol. The number of ether oxygens (including phenoxy) is 2. The molecule has 0 aliphatic carbocycles. The van der Waals surface area contributed by atoms with Gasteiger partial charge in [-0.15, -0.1) is 0 Å². The lowest BCUT2D eigenvalue weighted by atomic mass is 10.1. The summed E-state index contributed by atoms with van der Waals surface area (Å²) in [4.78, 5) is 24.4. The van der Waals surface area contributed by atoms with E-state index in [4.69, 9.17) is 9.47 Å². The van der Waals surface area contributed by atoms with Gasteiger partial charge in [0.25, 0.3) is 11.8 Å². The third-order valence-corrected chi connectivity index (χ3v) is 3.38. The maximum Gasteiger partial charge on any atom is 0.255 e. The van der Waals surface area contributed by atoms with Crippen LogP contribution in [0.1, 0.15) is 27.6 Å². The van der Waals surface area contributed by atoms with Crippen LogP contribution in [-0.2, 0) is 4.74 Å². The summed E-state index contributed by atoms with van der Waals surface area (Å²) >= 11 is 0. The highest BCUT2D eigenvalue weighted by molar-refractivity contribution is 6.05. The number of hydrogen-bond donors (Lipinski definition) is 2. The van der Waals surface area contributed by atoms with Crippen molar-refractivity contribution in [2.75, 3.05) is 32.2 Å². The van der Waals surface area contributed by atoms with Crippen LogP contribution in [0.2, 0.25) is 0 Å². The van der Waals surface area contributed by atoms with E-state index in [1.54, 1.807) is 55.6 Å². The molecule has 0 aliphatic rings. The molecule has 2 rings (SSSR count). The molecule has 0 aromatic heterocycles. The largest absolute Gasteiger partial charge is 0.494 e. The summed E-state index contributed by atoms with van der Waals surface area (Å²) in [5, 5.41) is 5.53. The van der Waals surface area contributed by atoms with Gasteiger partial charge in [-0.25, -0.2) is 0 Å². The highest BCUT2D eigenvalue weighted by atomic mass is 16.5. The smallest absolute Gasteiger partial charge is 0.255 e. The number of amides is 2. The predicted octanol–water partition coefficient (Wildman–Crippen LogP) is 2.71. The lowest BCUT2D eigenvalue weighted by molar-refractivity contribution is 0.0936. The maximum absolute atomic E-state index is 12.4. The van der Waals surface area contributed by atoms with Crippen LogP contribution in [0, 0.1) is 0 Å². The van der Waals surface area contributed by atoms with Gasteiger partial charge < -0.3 is 20.1 Å². The topological polar surface area (TPSA) is 76.7 Å². The van der Waals surface area contributed by atoms with Gasteiger partial charge in [0.05, 0.1) is 13.2 Å². The molecule has 2 aromatic rings. The molecule has 0 bridgehead atoms. The number of rotatable bonds is 8. The summed E-state index contributed by atoms with van der Waals surface area (Å²) in [5.41, 5.74) is 1.50. The number of carbonyl (C=O) groups excluding carboxylic acids is 2. The second-order valence-electron chi connectivity index (χ2n) is 5.24. The van der Waals surface area contributed by atoms with Gasteiger partial charge in [-0.05, 0) is 43.3 Å². The average Bonchev–Trinajstić information content (AvgIpc) is 2.62. The Balaban J connectivity index is 2.04. The van der Waals surface area contributed by atoms with Gasteiger partial charge in [0.2, 0.25) is 0 Å². The van der Waals surface area contributed by atoms with Crippen LogP contribution in [0.3, 0.4) is 0 Å². The van der Waals surface area contributed by atoms with E-state index in [0.717, 1.165) is 0 Å². The number of hydrogen-bond acceptors (Lipinski definition) is 4. The summed E-state index contributed by atoms with van der Waals surface area (Å²) in [6.07, 6.45) is 0. The fourth-order valence-electron chi connectivity index (χ4n) is 2.20. The molecule has 6 nitrogen and oxygen atoms in total. The van der Waals surface area contributed by atoms with Crippen molar-refractivity contribution in [2.24, 2.45) is 0 Å². The van der Waals surface area contributed by atoms with E-state index >= 15 is 0 Å². The second kappa shape index (κ2) is 9.44. The van der Waals surface area contributed by atoms with E-state index in [1.165, 1.54) is 0 Å². The molecule has 0 fully saturated rings. The molecule has 132 valence electrons. The van der Waals surface area contributed by atoms with Crippen LogP contribution < -0.4 is 15.4 Å². The van der Waals surface area contributed by atoms with E-state index < -0.39 is 0 Å². The van der Waals surface area contributed by atoms with E-state index in [2.05, 4.69) is 10.6 Å². The summed E-state index contributed by atoms with van der Waals surface area (Å²) in [6, 6.07) is 13.7. The Labute approximate surface area is 147 Å². The molecule has 0 saturated carbocycles. The fourth-order valence-corrected chi connectivity index (χ4v) is 2.20. The van der Waals surface area contributed by atoms with Gasteiger partial charge in [0, 0.05) is 30.5 Å². The molecular formula is C19H22N2O4. The number of nitrogens with one attached hydrogen (secondary N) is 2. The van der Waals surface area contributed by atoms with E-state index in [-0.39, 0.29) is 11.8 Å². The van der Waals surface area contributed by atoms with Crippen LogP contribution in [0.25, 0.3) is 0 Å². The first-order chi connectivity index (χ1) is 12.1. The molecule has 0 atom stereocenters. The van der Waals surface area contributed by atoms with Crippen LogP contribution in [-0.4, -0.2) is 38.7 Å². The zero-order valence-corrected chi connectivity index (χ0v) is 14.4. The Bertz CT molecular complexity index is 731. The highest BCUT2D eigenvalue weighted by Crippen LogP contribution is 2.16. The minimum absolute atomic E-state index is 0.216. The Morgan fingerprint density at radius 1 is 1.00 bits per heavy atom. The molecule has 0 radical (unpaired) electrons. The van der Waals surface area contributed by atoms with E-state index in [1.807, 2.05) is 6.92 Å². The first-order valence-electron chi connectivity index (χ1n) is 8.05. The molecule has 6 heteroatoms. The Morgan fingerprint density at radius 2 is 1.72 bits per heavy atom. The molecular weight excluding hydrogens is 320 g/mol. The first-order valence-corrected chi connectivity index (χ1v) is 8.05. The molecule has 0 saturated heterocycles. The van der Waals surface area contributed by atoms with Gasteiger partial charge in [-0.2, -0.15) is 0 Å². The van der Waals surface area contributed by atoms with Crippen molar-refractivity contribution in [1.29, 1.82) is 0 Å². The zero-order valence-electron chi connectivity index (χ0n) is 14.4. The molecule has 25 heavy (non-hydrogen) atoms. The Kier molecular flexibility index (Phi) is 6.98. The van der Waals surface area contributed by atoms with Gasteiger partial charge in [-0.3, -0.25) is 9.59 Å². The summed E-state index contributed by atoms with van der Waals surface area (Å²) < 4.78 is 10.3. The fraction of sp³-hybridized carbons (Fsp3) is 0.263. The molecule has 0 spiro atoms. The zero-order chi connectivity index (χ0) is 18.1.